The summed E-state index contributed by atoms with van der Waals surface area (Å²) >= 11 is 3.95. The van der Waals surface area contributed by atoms with E-state index in [0.717, 1.165) is 24.2 Å². The molecular formula is C12H19N3OS2. The van der Waals surface area contributed by atoms with E-state index in [2.05, 4.69) is 22.4 Å². The maximum atomic E-state index is 5.32. The van der Waals surface area contributed by atoms with Gasteiger partial charge < -0.3 is 9.84 Å². The molecule has 0 aromatic carbocycles. The van der Waals surface area contributed by atoms with E-state index in [1.807, 2.05) is 23.5 Å². The molecular weight excluding hydrogens is 266 g/mol. The maximum absolute atomic E-state index is 5.32. The molecule has 18 heavy (non-hydrogen) atoms. The van der Waals surface area contributed by atoms with Gasteiger partial charge in [-0.05, 0) is 25.3 Å². The highest BCUT2D eigenvalue weighted by Crippen LogP contribution is 2.41. The Kier molecular flexibility index (Phi) is 4.16. The Bertz CT molecular complexity index is 394. The zero-order chi connectivity index (χ0) is 12.4. The molecule has 2 aliphatic rings. The second-order valence-corrected chi connectivity index (χ2v) is 7.72. The molecule has 100 valence electrons. The van der Waals surface area contributed by atoms with Crippen molar-refractivity contribution in [2.75, 3.05) is 18.1 Å². The van der Waals surface area contributed by atoms with Gasteiger partial charge in [-0.3, -0.25) is 0 Å². The summed E-state index contributed by atoms with van der Waals surface area (Å²) in [5.41, 5.74) is 0. The van der Waals surface area contributed by atoms with Gasteiger partial charge in [0, 0.05) is 16.8 Å². The van der Waals surface area contributed by atoms with Crippen LogP contribution in [0.2, 0.25) is 0 Å². The first kappa shape index (κ1) is 12.8. The molecule has 0 radical (unpaired) electrons. The van der Waals surface area contributed by atoms with E-state index in [-0.39, 0.29) is 0 Å². The molecule has 2 fully saturated rings. The molecule has 0 bridgehead atoms. The number of nitrogens with zero attached hydrogens (tertiary/aromatic N) is 2. The van der Waals surface area contributed by atoms with Crippen LogP contribution in [-0.2, 0) is 6.54 Å². The second-order valence-electron chi connectivity index (χ2n) is 4.99. The molecule has 1 saturated carbocycles. The van der Waals surface area contributed by atoms with Gasteiger partial charge >= 0.3 is 0 Å². The van der Waals surface area contributed by atoms with Crippen molar-refractivity contribution in [3.63, 3.8) is 0 Å². The average Bonchev–Trinajstić information content (AvgIpc) is 3.08. The lowest BCUT2D eigenvalue weighted by atomic mass is 10.3. The lowest BCUT2D eigenvalue weighted by molar-refractivity contribution is 0.361. The summed E-state index contributed by atoms with van der Waals surface area (Å²) in [6, 6.07) is 0. The van der Waals surface area contributed by atoms with E-state index in [1.165, 1.54) is 24.3 Å². The van der Waals surface area contributed by atoms with Gasteiger partial charge in [0.15, 0.2) is 5.82 Å². The van der Waals surface area contributed by atoms with Crippen LogP contribution in [0.3, 0.4) is 0 Å². The second kappa shape index (κ2) is 5.84. The molecule has 1 aliphatic carbocycles. The Morgan fingerprint density at radius 2 is 2.17 bits per heavy atom. The summed E-state index contributed by atoms with van der Waals surface area (Å²) in [7, 11) is 0. The van der Waals surface area contributed by atoms with E-state index < -0.39 is 0 Å². The number of rotatable bonds is 5. The van der Waals surface area contributed by atoms with Crippen LogP contribution in [0.5, 0.6) is 0 Å². The highest BCUT2D eigenvalue weighted by atomic mass is 32.2. The zero-order valence-electron chi connectivity index (χ0n) is 10.6. The predicted molar refractivity (Wildman–Crippen MR) is 75.8 cm³/mol. The minimum absolute atomic E-state index is 0.393. The number of nitrogens with one attached hydrogen (secondary N) is 1. The first-order chi connectivity index (χ1) is 8.83. The molecule has 2 heterocycles. The molecule has 1 aromatic rings. The highest BCUT2D eigenvalue weighted by molar-refractivity contribution is 8.06. The number of hydrogen-bond acceptors (Lipinski definition) is 6. The number of hydrogen-bond donors (Lipinski definition) is 1. The fraction of sp³-hybridized carbons (Fsp3) is 0.833. The fourth-order valence-corrected chi connectivity index (χ4v) is 4.76. The lowest BCUT2D eigenvalue weighted by Gasteiger charge is -2.24. The molecule has 1 saturated heterocycles. The van der Waals surface area contributed by atoms with Crippen LogP contribution in [0.15, 0.2) is 4.52 Å². The predicted octanol–water partition coefficient (Wildman–Crippen LogP) is 2.48. The van der Waals surface area contributed by atoms with Crippen molar-refractivity contribution in [1.29, 1.82) is 0 Å². The topological polar surface area (TPSA) is 51.0 Å². The molecule has 3 rings (SSSR count). The van der Waals surface area contributed by atoms with Gasteiger partial charge in [0.25, 0.3) is 0 Å². The largest absolute Gasteiger partial charge is 0.338 e. The summed E-state index contributed by atoms with van der Waals surface area (Å²) in [5.74, 6) is 4.91. The molecule has 0 amide bonds. The van der Waals surface area contributed by atoms with Gasteiger partial charge in [0.05, 0.1) is 11.8 Å². The van der Waals surface area contributed by atoms with E-state index in [1.54, 1.807) is 0 Å². The molecule has 2 unspecified atom stereocenters. The molecule has 6 heteroatoms. The van der Waals surface area contributed by atoms with Crippen LogP contribution in [0.4, 0.5) is 0 Å². The van der Waals surface area contributed by atoms with Crippen molar-refractivity contribution in [2.45, 2.75) is 36.8 Å². The minimum Gasteiger partial charge on any atom is -0.338 e. The van der Waals surface area contributed by atoms with Gasteiger partial charge in [-0.25, -0.2) is 0 Å². The van der Waals surface area contributed by atoms with Crippen molar-refractivity contribution < 1.29 is 4.52 Å². The summed E-state index contributed by atoms with van der Waals surface area (Å²) in [6.07, 6.45) is 2.74. The quantitative estimate of drug-likeness (QED) is 0.897. The van der Waals surface area contributed by atoms with Crippen LogP contribution < -0.4 is 5.32 Å². The van der Waals surface area contributed by atoms with Crippen molar-refractivity contribution in [2.24, 2.45) is 5.92 Å². The summed E-state index contributed by atoms with van der Waals surface area (Å²) < 4.78 is 5.32. The summed E-state index contributed by atoms with van der Waals surface area (Å²) in [5, 5.41) is 8.50. The van der Waals surface area contributed by atoms with E-state index >= 15 is 0 Å². The minimum atomic E-state index is 0.393. The van der Waals surface area contributed by atoms with E-state index in [4.69, 9.17) is 4.52 Å². The van der Waals surface area contributed by atoms with Crippen LogP contribution >= 0.6 is 23.5 Å². The van der Waals surface area contributed by atoms with Crippen molar-refractivity contribution in [3.05, 3.63) is 11.7 Å². The molecule has 0 spiro atoms. The Hall–Kier alpha value is -0.200. The van der Waals surface area contributed by atoms with E-state index in [0.29, 0.717) is 17.0 Å². The standard InChI is InChI=1S/C12H19N3OS2/c1-8-11(18-5-4-17-8)12-14-10(16-15-12)7-13-6-9-2-3-9/h8-9,11,13H,2-7H2,1H3. The average molecular weight is 285 g/mol. The maximum Gasteiger partial charge on any atom is 0.240 e. The van der Waals surface area contributed by atoms with Crippen molar-refractivity contribution in [3.8, 4) is 0 Å². The van der Waals surface area contributed by atoms with Gasteiger partial charge in [0.2, 0.25) is 5.89 Å². The molecule has 2 atom stereocenters. The normalized spacial score (nSPS) is 28.5. The number of aromatic nitrogens is 2. The summed E-state index contributed by atoms with van der Waals surface area (Å²) in [6.45, 7) is 4.05. The third-order valence-corrected chi connectivity index (χ3v) is 6.42. The third-order valence-electron chi connectivity index (χ3n) is 3.33. The van der Waals surface area contributed by atoms with Gasteiger partial charge in [-0.2, -0.15) is 16.7 Å². The Morgan fingerprint density at radius 3 is 2.94 bits per heavy atom. The molecule has 4 nitrogen and oxygen atoms in total. The zero-order valence-corrected chi connectivity index (χ0v) is 12.2. The van der Waals surface area contributed by atoms with Crippen molar-refractivity contribution >= 4 is 23.5 Å². The first-order valence-corrected chi connectivity index (χ1v) is 8.69. The van der Waals surface area contributed by atoms with Gasteiger partial charge in [-0.1, -0.05) is 12.1 Å². The highest BCUT2D eigenvalue weighted by Gasteiger charge is 2.28. The van der Waals surface area contributed by atoms with Crippen molar-refractivity contribution in [1.82, 2.24) is 15.5 Å². The third kappa shape index (κ3) is 3.22. The first-order valence-electron chi connectivity index (χ1n) is 6.59. The molecule has 1 N–H and O–H groups in total. The Balaban J connectivity index is 1.54. The molecule has 1 aromatic heterocycles. The van der Waals surface area contributed by atoms with Crippen LogP contribution in [0.1, 0.15) is 36.7 Å². The number of thioether (sulfide) groups is 2. The lowest BCUT2D eigenvalue weighted by Crippen LogP contribution is -2.18. The van der Waals surface area contributed by atoms with Gasteiger partial charge in [0.1, 0.15) is 0 Å². The van der Waals surface area contributed by atoms with E-state index in [9.17, 15) is 0 Å². The van der Waals surface area contributed by atoms with Crippen LogP contribution in [0, 0.1) is 5.92 Å². The Morgan fingerprint density at radius 1 is 1.33 bits per heavy atom. The monoisotopic (exact) mass is 285 g/mol. The SMILES string of the molecule is CC1SCCSC1c1noc(CNCC2CC2)n1. The van der Waals surface area contributed by atoms with Crippen LogP contribution in [0.25, 0.3) is 0 Å². The smallest absolute Gasteiger partial charge is 0.240 e. The Labute approximate surface area is 116 Å². The fourth-order valence-electron chi connectivity index (χ4n) is 2.08. The summed E-state index contributed by atoms with van der Waals surface area (Å²) in [4.78, 5) is 4.53. The molecule has 1 aliphatic heterocycles. The van der Waals surface area contributed by atoms with Crippen LogP contribution in [-0.4, -0.2) is 33.4 Å². The van der Waals surface area contributed by atoms with Gasteiger partial charge in [-0.15, -0.1) is 11.8 Å².